The van der Waals surface area contributed by atoms with Crippen molar-refractivity contribution < 1.29 is 14.3 Å². The summed E-state index contributed by atoms with van der Waals surface area (Å²) in [5, 5.41) is 6.16. The first-order valence-corrected chi connectivity index (χ1v) is 8.87. The number of hydrogen-bond donors (Lipinski definition) is 3. The second-order valence-electron chi connectivity index (χ2n) is 5.49. The Kier molecular flexibility index (Phi) is 5.43. The second kappa shape index (κ2) is 7.92. The molecule has 0 saturated heterocycles. The summed E-state index contributed by atoms with van der Waals surface area (Å²) in [7, 11) is 1.52. The molecule has 0 bridgehead atoms. The molecular weight excluding hydrogens is 352 g/mol. The van der Waals surface area contributed by atoms with Crippen LogP contribution >= 0.6 is 11.8 Å². The van der Waals surface area contributed by atoms with Gasteiger partial charge in [-0.05, 0) is 30.3 Å². The van der Waals surface area contributed by atoms with E-state index in [1.807, 2.05) is 24.3 Å². The summed E-state index contributed by atoms with van der Waals surface area (Å²) in [6.07, 6.45) is 0. The summed E-state index contributed by atoms with van der Waals surface area (Å²) in [5.41, 5.74) is 2.87. The van der Waals surface area contributed by atoms with E-state index in [4.69, 9.17) is 4.74 Å². The van der Waals surface area contributed by atoms with Crippen LogP contribution in [0.15, 0.2) is 47.6 Å². The fourth-order valence-electron chi connectivity index (χ4n) is 2.40. The normalized spacial score (nSPS) is 10.5. The summed E-state index contributed by atoms with van der Waals surface area (Å²) in [5.74, 6) is 0.315. The maximum absolute atomic E-state index is 12.3. The van der Waals surface area contributed by atoms with Crippen molar-refractivity contribution in [2.75, 3.05) is 23.5 Å². The molecule has 8 heteroatoms. The van der Waals surface area contributed by atoms with E-state index >= 15 is 0 Å². The van der Waals surface area contributed by atoms with Gasteiger partial charge in [0, 0.05) is 12.6 Å². The number of rotatable bonds is 6. The molecule has 0 spiro atoms. The van der Waals surface area contributed by atoms with Crippen LogP contribution in [-0.4, -0.2) is 34.6 Å². The third-order valence-corrected chi connectivity index (χ3v) is 4.37. The molecule has 0 aliphatic rings. The fourth-order valence-corrected chi connectivity index (χ4v) is 3.09. The molecule has 26 heavy (non-hydrogen) atoms. The van der Waals surface area contributed by atoms with E-state index in [9.17, 15) is 9.59 Å². The minimum atomic E-state index is -0.200. The number of benzene rings is 2. The van der Waals surface area contributed by atoms with Gasteiger partial charge in [-0.15, -0.1) is 0 Å². The van der Waals surface area contributed by atoms with Crippen molar-refractivity contribution in [2.24, 2.45) is 0 Å². The molecule has 0 atom stereocenters. The predicted molar refractivity (Wildman–Crippen MR) is 103 cm³/mol. The third kappa shape index (κ3) is 4.34. The van der Waals surface area contributed by atoms with E-state index < -0.39 is 0 Å². The van der Waals surface area contributed by atoms with Gasteiger partial charge < -0.3 is 20.4 Å². The van der Waals surface area contributed by atoms with Gasteiger partial charge in [-0.3, -0.25) is 9.59 Å². The van der Waals surface area contributed by atoms with E-state index in [0.29, 0.717) is 22.3 Å². The number of methoxy groups -OCH3 is 1. The first-order valence-electron chi connectivity index (χ1n) is 7.88. The molecule has 134 valence electrons. The molecule has 0 aliphatic carbocycles. The van der Waals surface area contributed by atoms with Crippen LogP contribution in [0, 0.1) is 0 Å². The molecule has 1 aromatic heterocycles. The number of fused-ring (bicyclic) bond motifs is 1. The van der Waals surface area contributed by atoms with Crippen LogP contribution in [-0.2, 0) is 9.59 Å². The molecule has 0 aliphatic heterocycles. The molecule has 3 rings (SSSR count). The number of nitrogens with one attached hydrogen (secondary N) is 3. The predicted octanol–water partition coefficient (Wildman–Crippen LogP) is 3.26. The number of aromatic nitrogens is 2. The van der Waals surface area contributed by atoms with Gasteiger partial charge in [-0.2, -0.15) is 0 Å². The molecule has 1 heterocycles. The Morgan fingerprint density at radius 2 is 2.00 bits per heavy atom. The smallest absolute Gasteiger partial charge is 0.234 e. The van der Waals surface area contributed by atoms with Gasteiger partial charge in [0.25, 0.3) is 0 Å². The van der Waals surface area contributed by atoms with Crippen molar-refractivity contribution in [3.63, 3.8) is 0 Å². The molecule has 0 radical (unpaired) electrons. The number of imidazole rings is 1. The number of amides is 2. The number of nitrogens with zero attached hydrogens (tertiary/aromatic N) is 1. The van der Waals surface area contributed by atoms with Crippen LogP contribution in [0.3, 0.4) is 0 Å². The SMILES string of the molecule is COc1ccc(NC(C)=O)cc1NC(=O)CSc1nc2ccccc2[nH]1. The minimum absolute atomic E-state index is 0.187. The lowest BCUT2D eigenvalue weighted by Crippen LogP contribution is -2.15. The number of carbonyl (C=O) groups excluding carboxylic acids is 2. The van der Waals surface area contributed by atoms with E-state index in [0.717, 1.165) is 11.0 Å². The zero-order chi connectivity index (χ0) is 18.5. The number of aromatic amines is 1. The number of para-hydroxylation sites is 2. The summed E-state index contributed by atoms with van der Waals surface area (Å²) >= 11 is 1.31. The highest BCUT2D eigenvalue weighted by Gasteiger charge is 2.11. The highest BCUT2D eigenvalue weighted by molar-refractivity contribution is 7.99. The third-order valence-electron chi connectivity index (χ3n) is 3.50. The zero-order valence-corrected chi connectivity index (χ0v) is 15.1. The molecule has 3 N–H and O–H groups in total. The Hall–Kier alpha value is -3.00. The number of H-pyrrole nitrogens is 1. The molecular formula is C18H18N4O3S. The van der Waals surface area contributed by atoms with Crippen LogP contribution in [0.5, 0.6) is 5.75 Å². The number of carbonyl (C=O) groups is 2. The molecule has 3 aromatic rings. The van der Waals surface area contributed by atoms with Gasteiger partial charge >= 0.3 is 0 Å². The van der Waals surface area contributed by atoms with Crippen molar-refractivity contribution in [1.82, 2.24) is 9.97 Å². The van der Waals surface area contributed by atoms with E-state index in [2.05, 4.69) is 20.6 Å². The maximum atomic E-state index is 12.3. The maximum Gasteiger partial charge on any atom is 0.234 e. The monoisotopic (exact) mass is 370 g/mol. The summed E-state index contributed by atoms with van der Waals surface area (Å²) < 4.78 is 5.26. The highest BCUT2D eigenvalue weighted by atomic mass is 32.2. The first kappa shape index (κ1) is 17.8. The molecule has 2 amide bonds. The van der Waals surface area contributed by atoms with Gasteiger partial charge in [0.05, 0.1) is 29.6 Å². The average molecular weight is 370 g/mol. The largest absolute Gasteiger partial charge is 0.495 e. The highest BCUT2D eigenvalue weighted by Crippen LogP contribution is 2.28. The van der Waals surface area contributed by atoms with Gasteiger partial charge in [0.2, 0.25) is 11.8 Å². The lowest BCUT2D eigenvalue weighted by atomic mass is 10.2. The van der Waals surface area contributed by atoms with Gasteiger partial charge in [-0.25, -0.2) is 4.98 Å². The number of ether oxygens (including phenoxy) is 1. The standard InChI is InChI=1S/C18H18N4O3S/c1-11(23)19-12-7-8-16(25-2)15(9-12)20-17(24)10-26-18-21-13-5-3-4-6-14(13)22-18/h3-9H,10H2,1-2H3,(H,19,23)(H,20,24)(H,21,22). The number of hydrogen-bond acceptors (Lipinski definition) is 5. The summed E-state index contributed by atoms with van der Waals surface area (Å²) in [4.78, 5) is 31.1. The van der Waals surface area contributed by atoms with Gasteiger partial charge in [-0.1, -0.05) is 23.9 Å². The quantitative estimate of drug-likeness (QED) is 0.579. The molecule has 0 unspecified atom stereocenters. The molecule has 7 nitrogen and oxygen atoms in total. The Morgan fingerprint density at radius 3 is 2.73 bits per heavy atom. The molecule has 0 fully saturated rings. The second-order valence-corrected chi connectivity index (χ2v) is 6.46. The van der Waals surface area contributed by atoms with Crippen molar-refractivity contribution in [3.05, 3.63) is 42.5 Å². The lowest BCUT2D eigenvalue weighted by molar-refractivity contribution is -0.114. The first-order chi connectivity index (χ1) is 12.5. The lowest BCUT2D eigenvalue weighted by Gasteiger charge is -2.12. The van der Waals surface area contributed by atoms with Gasteiger partial charge in [0.15, 0.2) is 5.16 Å². The van der Waals surface area contributed by atoms with Crippen LogP contribution in [0.4, 0.5) is 11.4 Å². The number of thioether (sulfide) groups is 1. The topological polar surface area (TPSA) is 96.1 Å². The minimum Gasteiger partial charge on any atom is -0.495 e. The molecule has 0 saturated carbocycles. The average Bonchev–Trinajstić information content (AvgIpc) is 3.03. The van der Waals surface area contributed by atoms with Gasteiger partial charge in [0.1, 0.15) is 5.75 Å². The Morgan fingerprint density at radius 1 is 1.19 bits per heavy atom. The Bertz CT molecular complexity index is 922. The van der Waals surface area contributed by atoms with E-state index in [1.165, 1.54) is 25.8 Å². The Labute approximate surface area is 154 Å². The van der Waals surface area contributed by atoms with Crippen LogP contribution < -0.4 is 15.4 Å². The van der Waals surface area contributed by atoms with Crippen LogP contribution in [0.2, 0.25) is 0 Å². The Balaban J connectivity index is 1.66. The van der Waals surface area contributed by atoms with Crippen molar-refractivity contribution in [3.8, 4) is 5.75 Å². The van der Waals surface area contributed by atoms with E-state index in [1.54, 1.807) is 18.2 Å². The van der Waals surface area contributed by atoms with Crippen molar-refractivity contribution in [2.45, 2.75) is 12.1 Å². The number of anilines is 2. The summed E-state index contributed by atoms with van der Waals surface area (Å²) in [6.45, 7) is 1.42. The van der Waals surface area contributed by atoms with Crippen molar-refractivity contribution >= 4 is 46.0 Å². The fraction of sp³-hybridized carbons (Fsp3) is 0.167. The van der Waals surface area contributed by atoms with Crippen molar-refractivity contribution in [1.29, 1.82) is 0 Å². The van der Waals surface area contributed by atoms with Crippen LogP contribution in [0.1, 0.15) is 6.92 Å². The summed E-state index contributed by atoms with van der Waals surface area (Å²) in [6, 6.07) is 12.7. The van der Waals surface area contributed by atoms with E-state index in [-0.39, 0.29) is 17.6 Å². The zero-order valence-electron chi connectivity index (χ0n) is 14.3. The van der Waals surface area contributed by atoms with Crippen LogP contribution in [0.25, 0.3) is 11.0 Å². The molecule has 2 aromatic carbocycles.